The molecule has 0 aliphatic carbocycles. The normalized spacial score (nSPS) is 8.69. The minimum atomic E-state index is -0.0464. The molecule has 0 aliphatic rings. The second-order valence-corrected chi connectivity index (χ2v) is 2.77. The second-order valence-electron chi connectivity index (χ2n) is 2.36. The van der Waals surface area contributed by atoms with Gasteiger partial charge in [-0.15, -0.1) is 12.4 Å². The molecular weight excluding hydrogens is 209 g/mol. The quantitative estimate of drug-likeness (QED) is 0.525. The van der Waals surface area contributed by atoms with Crippen molar-refractivity contribution in [1.82, 2.24) is 5.32 Å². The third-order valence-electron chi connectivity index (χ3n) is 1.43. The van der Waals surface area contributed by atoms with E-state index in [0.717, 1.165) is 5.56 Å². The average molecular weight is 220 g/mol. The molecule has 0 fully saturated rings. The van der Waals surface area contributed by atoms with Gasteiger partial charge in [-0.2, -0.15) is 0 Å². The van der Waals surface area contributed by atoms with Crippen molar-refractivity contribution in [2.45, 2.75) is 6.54 Å². The second kappa shape index (κ2) is 5.67. The number of halogens is 2. The maximum absolute atomic E-state index is 6.94. The summed E-state index contributed by atoms with van der Waals surface area (Å²) in [6, 6.07) is 7.44. The molecule has 13 heavy (non-hydrogen) atoms. The molecule has 0 radical (unpaired) electrons. The molecule has 0 atom stereocenters. The molecule has 4 N–H and O–H groups in total. The molecule has 5 heteroatoms. The zero-order chi connectivity index (χ0) is 8.97. The van der Waals surface area contributed by atoms with Crippen LogP contribution in [0.2, 0.25) is 5.02 Å². The van der Waals surface area contributed by atoms with E-state index in [1.807, 2.05) is 18.2 Å². The molecule has 0 saturated carbocycles. The van der Waals surface area contributed by atoms with E-state index in [4.69, 9.17) is 22.7 Å². The van der Waals surface area contributed by atoms with Gasteiger partial charge in [0.25, 0.3) is 0 Å². The first-order chi connectivity index (χ1) is 5.70. The summed E-state index contributed by atoms with van der Waals surface area (Å²) in [5.41, 5.74) is 6.06. The molecule has 0 amide bonds. The first kappa shape index (κ1) is 12.1. The highest BCUT2D eigenvalue weighted by atomic mass is 35.5. The lowest BCUT2D eigenvalue weighted by Crippen LogP contribution is -2.29. The van der Waals surface area contributed by atoms with Gasteiger partial charge in [-0.05, 0) is 11.6 Å². The SMILES string of the molecule is Cl.N=C(N)NCc1ccccc1Cl. The van der Waals surface area contributed by atoms with Gasteiger partial charge in [-0.3, -0.25) is 5.41 Å². The lowest BCUT2D eigenvalue weighted by atomic mass is 10.2. The third-order valence-corrected chi connectivity index (χ3v) is 1.80. The Labute approximate surface area is 88.2 Å². The summed E-state index contributed by atoms with van der Waals surface area (Å²) < 4.78 is 0. The maximum Gasteiger partial charge on any atom is 0.185 e. The molecule has 0 spiro atoms. The van der Waals surface area contributed by atoms with Crippen molar-refractivity contribution in [3.63, 3.8) is 0 Å². The largest absolute Gasteiger partial charge is 0.370 e. The van der Waals surface area contributed by atoms with Crippen LogP contribution in [0, 0.1) is 5.41 Å². The summed E-state index contributed by atoms with van der Waals surface area (Å²) in [5, 5.41) is 10.3. The molecule has 0 saturated heterocycles. The first-order valence-corrected chi connectivity index (χ1v) is 3.89. The van der Waals surface area contributed by atoms with Gasteiger partial charge in [0.2, 0.25) is 0 Å². The maximum atomic E-state index is 6.94. The van der Waals surface area contributed by atoms with Gasteiger partial charge in [0.05, 0.1) is 0 Å². The van der Waals surface area contributed by atoms with E-state index < -0.39 is 0 Å². The van der Waals surface area contributed by atoms with Gasteiger partial charge in [-0.25, -0.2) is 0 Å². The Morgan fingerprint density at radius 2 is 2.08 bits per heavy atom. The van der Waals surface area contributed by atoms with Crippen LogP contribution in [0.1, 0.15) is 5.56 Å². The van der Waals surface area contributed by atoms with Gasteiger partial charge in [0, 0.05) is 11.6 Å². The van der Waals surface area contributed by atoms with Crippen LogP contribution < -0.4 is 11.1 Å². The van der Waals surface area contributed by atoms with E-state index in [9.17, 15) is 0 Å². The van der Waals surface area contributed by atoms with Crippen molar-refractivity contribution in [3.8, 4) is 0 Å². The molecule has 1 aromatic carbocycles. The number of rotatable bonds is 2. The summed E-state index contributed by atoms with van der Waals surface area (Å²) in [5.74, 6) is -0.0464. The van der Waals surface area contributed by atoms with Crippen molar-refractivity contribution in [1.29, 1.82) is 5.41 Å². The Balaban J connectivity index is 0.00000144. The fourth-order valence-corrected chi connectivity index (χ4v) is 1.03. The Morgan fingerprint density at radius 1 is 1.46 bits per heavy atom. The van der Waals surface area contributed by atoms with Crippen LogP contribution in [0.25, 0.3) is 0 Å². The van der Waals surface area contributed by atoms with Crippen LogP contribution in [0.4, 0.5) is 0 Å². The van der Waals surface area contributed by atoms with Gasteiger partial charge in [-0.1, -0.05) is 29.8 Å². The van der Waals surface area contributed by atoms with Crippen molar-refractivity contribution in [3.05, 3.63) is 34.9 Å². The number of hydrogen-bond acceptors (Lipinski definition) is 1. The molecule has 0 aromatic heterocycles. The van der Waals surface area contributed by atoms with Crippen molar-refractivity contribution in [2.24, 2.45) is 5.73 Å². The molecule has 72 valence electrons. The summed E-state index contributed by atoms with van der Waals surface area (Å²) in [6.45, 7) is 0.495. The zero-order valence-corrected chi connectivity index (χ0v) is 8.45. The summed E-state index contributed by atoms with van der Waals surface area (Å²) in [6.07, 6.45) is 0. The van der Waals surface area contributed by atoms with Gasteiger partial charge < -0.3 is 11.1 Å². The molecule has 0 heterocycles. The molecule has 3 nitrogen and oxygen atoms in total. The van der Waals surface area contributed by atoms with Gasteiger partial charge in [0.15, 0.2) is 5.96 Å². The van der Waals surface area contributed by atoms with Crippen molar-refractivity contribution in [2.75, 3.05) is 0 Å². The molecule has 1 rings (SSSR count). The minimum absolute atomic E-state index is 0. The highest BCUT2D eigenvalue weighted by molar-refractivity contribution is 6.31. The lowest BCUT2D eigenvalue weighted by molar-refractivity contribution is 0.897. The Morgan fingerprint density at radius 3 is 2.62 bits per heavy atom. The van der Waals surface area contributed by atoms with Crippen LogP contribution in [-0.2, 0) is 6.54 Å². The summed E-state index contributed by atoms with van der Waals surface area (Å²) in [7, 11) is 0. The van der Waals surface area contributed by atoms with E-state index in [1.165, 1.54) is 0 Å². The molecule has 0 bridgehead atoms. The highest BCUT2D eigenvalue weighted by Gasteiger charge is 1.97. The van der Waals surface area contributed by atoms with E-state index in [0.29, 0.717) is 11.6 Å². The van der Waals surface area contributed by atoms with E-state index in [1.54, 1.807) is 6.07 Å². The number of hydrogen-bond donors (Lipinski definition) is 3. The van der Waals surface area contributed by atoms with E-state index >= 15 is 0 Å². The fraction of sp³-hybridized carbons (Fsp3) is 0.125. The predicted octanol–water partition coefficient (Wildman–Crippen LogP) is 1.74. The number of nitrogens with two attached hydrogens (primary N) is 1. The smallest absolute Gasteiger partial charge is 0.185 e. The monoisotopic (exact) mass is 219 g/mol. The number of benzene rings is 1. The number of nitrogens with one attached hydrogen (secondary N) is 2. The Kier molecular flexibility index (Phi) is 5.26. The molecular formula is C8H11Cl2N3. The summed E-state index contributed by atoms with van der Waals surface area (Å²) >= 11 is 5.86. The zero-order valence-electron chi connectivity index (χ0n) is 6.88. The highest BCUT2D eigenvalue weighted by Crippen LogP contribution is 2.13. The first-order valence-electron chi connectivity index (χ1n) is 3.51. The van der Waals surface area contributed by atoms with E-state index in [-0.39, 0.29) is 18.4 Å². The van der Waals surface area contributed by atoms with Crippen LogP contribution in [-0.4, -0.2) is 5.96 Å². The Bertz CT molecular complexity index is 288. The summed E-state index contributed by atoms with van der Waals surface area (Å²) in [4.78, 5) is 0. The molecule has 0 unspecified atom stereocenters. The average Bonchev–Trinajstić information content (AvgIpc) is 2.03. The van der Waals surface area contributed by atoms with Crippen LogP contribution in [0.5, 0.6) is 0 Å². The predicted molar refractivity (Wildman–Crippen MR) is 57.5 cm³/mol. The van der Waals surface area contributed by atoms with Gasteiger partial charge in [0.1, 0.15) is 0 Å². The standard InChI is InChI=1S/C8H10ClN3.ClH/c9-7-4-2-1-3-6(7)5-12-8(10)11;/h1-4H,5H2,(H4,10,11,12);1H. The van der Waals surface area contributed by atoms with Crippen molar-refractivity contribution >= 4 is 30.0 Å². The number of guanidine groups is 1. The van der Waals surface area contributed by atoms with Crippen molar-refractivity contribution < 1.29 is 0 Å². The Hall–Kier alpha value is -0.930. The minimum Gasteiger partial charge on any atom is -0.370 e. The van der Waals surface area contributed by atoms with Crippen LogP contribution in [0.15, 0.2) is 24.3 Å². The topological polar surface area (TPSA) is 61.9 Å². The fourth-order valence-electron chi connectivity index (χ4n) is 0.832. The van der Waals surface area contributed by atoms with Gasteiger partial charge >= 0.3 is 0 Å². The molecule has 1 aromatic rings. The van der Waals surface area contributed by atoms with Crippen LogP contribution >= 0.6 is 24.0 Å². The third kappa shape index (κ3) is 4.01. The lowest BCUT2D eigenvalue weighted by Gasteiger charge is -2.04. The molecule has 0 aliphatic heterocycles. The van der Waals surface area contributed by atoms with E-state index in [2.05, 4.69) is 5.32 Å². The van der Waals surface area contributed by atoms with Crippen LogP contribution in [0.3, 0.4) is 0 Å².